The Balaban J connectivity index is 1.67. The number of nitrogens with zero attached hydrogens (tertiary/aromatic N) is 1. The van der Waals surface area contributed by atoms with E-state index >= 15 is 0 Å². The van der Waals surface area contributed by atoms with Crippen LogP contribution in [0.2, 0.25) is 0 Å². The van der Waals surface area contributed by atoms with Crippen molar-refractivity contribution in [2.45, 2.75) is 42.7 Å². The van der Waals surface area contributed by atoms with Crippen molar-refractivity contribution in [3.63, 3.8) is 0 Å². The second-order valence-electron chi connectivity index (χ2n) is 6.51. The number of aliphatic carboxylic acids is 1. The molecule has 26 heavy (non-hydrogen) atoms. The van der Waals surface area contributed by atoms with Crippen molar-refractivity contribution in [3.05, 3.63) is 29.8 Å². The highest BCUT2D eigenvalue weighted by Crippen LogP contribution is 2.21. The van der Waals surface area contributed by atoms with Gasteiger partial charge in [-0.1, -0.05) is 0 Å². The van der Waals surface area contributed by atoms with Gasteiger partial charge in [-0.25, -0.2) is 17.9 Å². The molecule has 2 aliphatic rings. The van der Waals surface area contributed by atoms with Crippen molar-refractivity contribution in [1.29, 1.82) is 0 Å². The first-order chi connectivity index (χ1) is 12.4. The van der Waals surface area contributed by atoms with E-state index < -0.39 is 27.9 Å². The zero-order chi connectivity index (χ0) is 18.7. The third-order valence-corrected chi connectivity index (χ3v) is 6.17. The number of rotatable bonds is 6. The normalized spacial score (nSPS) is 23.3. The molecule has 1 aromatic rings. The Morgan fingerprint density at radius 3 is 2.54 bits per heavy atom. The predicted octanol–water partition coefficient (Wildman–Crippen LogP) is 0.833. The molecule has 2 fully saturated rings. The van der Waals surface area contributed by atoms with Crippen LogP contribution in [0.3, 0.4) is 0 Å². The maximum Gasteiger partial charge on any atom is 0.326 e. The van der Waals surface area contributed by atoms with Gasteiger partial charge in [0.15, 0.2) is 0 Å². The average molecular weight is 382 g/mol. The van der Waals surface area contributed by atoms with E-state index in [1.54, 1.807) is 0 Å². The molecule has 0 aromatic heterocycles. The molecular formula is C17H22N2O6S. The van der Waals surface area contributed by atoms with Gasteiger partial charge in [0.2, 0.25) is 10.0 Å². The number of hydrogen-bond acceptors (Lipinski definition) is 5. The summed E-state index contributed by atoms with van der Waals surface area (Å²) in [6.45, 7) is 1.26. The Labute approximate surface area is 152 Å². The summed E-state index contributed by atoms with van der Waals surface area (Å²) in [4.78, 5) is 25.1. The van der Waals surface area contributed by atoms with Gasteiger partial charge in [-0.05, 0) is 49.9 Å². The van der Waals surface area contributed by atoms with E-state index in [9.17, 15) is 23.1 Å². The van der Waals surface area contributed by atoms with Gasteiger partial charge >= 0.3 is 5.97 Å². The number of benzene rings is 1. The SMILES string of the molecule is O=C(O)[C@H]1CCCN1C(=O)c1ccc(S(=O)(=O)NCC2CCCO2)cc1. The summed E-state index contributed by atoms with van der Waals surface area (Å²) < 4.78 is 32.6. The van der Waals surface area contributed by atoms with E-state index in [0.717, 1.165) is 12.8 Å². The molecule has 9 heteroatoms. The number of carbonyl (C=O) groups is 2. The lowest BCUT2D eigenvalue weighted by atomic mass is 10.1. The maximum atomic E-state index is 12.5. The van der Waals surface area contributed by atoms with Crippen LogP contribution in [0.4, 0.5) is 0 Å². The van der Waals surface area contributed by atoms with Crippen molar-refractivity contribution in [2.75, 3.05) is 19.7 Å². The first kappa shape index (κ1) is 18.8. The molecule has 2 heterocycles. The van der Waals surface area contributed by atoms with E-state index in [1.807, 2.05) is 0 Å². The summed E-state index contributed by atoms with van der Waals surface area (Å²) in [7, 11) is -3.68. The van der Waals surface area contributed by atoms with Crippen LogP contribution in [0.5, 0.6) is 0 Å². The van der Waals surface area contributed by atoms with Crippen LogP contribution in [0.15, 0.2) is 29.2 Å². The Bertz CT molecular complexity index is 771. The smallest absolute Gasteiger partial charge is 0.326 e. The minimum Gasteiger partial charge on any atom is -0.480 e. The lowest BCUT2D eigenvalue weighted by molar-refractivity contribution is -0.141. The molecule has 142 valence electrons. The minimum absolute atomic E-state index is 0.0586. The quantitative estimate of drug-likeness (QED) is 0.754. The minimum atomic E-state index is -3.68. The molecule has 2 aliphatic heterocycles. The van der Waals surface area contributed by atoms with Crippen molar-refractivity contribution in [1.82, 2.24) is 9.62 Å². The number of nitrogens with one attached hydrogen (secondary N) is 1. The summed E-state index contributed by atoms with van der Waals surface area (Å²) >= 11 is 0. The zero-order valence-corrected chi connectivity index (χ0v) is 15.1. The van der Waals surface area contributed by atoms with Crippen LogP contribution in [0, 0.1) is 0 Å². The monoisotopic (exact) mass is 382 g/mol. The Morgan fingerprint density at radius 1 is 1.19 bits per heavy atom. The summed E-state index contributed by atoms with van der Waals surface area (Å²) in [6, 6.07) is 4.73. The fraction of sp³-hybridized carbons (Fsp3) is 0.529. The lowest BCUT2D eigenvalue weighted by Crippen LogP contribution is -2.40. The number of carbonyl (C=O) groups excluding carboxylic acids is 1. The molecule has 2 N–H and O–H groups in total. The molecule has 3 rings (SSSR count). The second-order valence-corrected chi connectivity index (χ2v) is 8.27. The van der Waals surface area contributed by atoms with Gasteiger partial charge in [0.25, 0.3) is 5.91 Å². The summed E-state index contributed by atoms with van der Waals surface area (Å²) in [5, 5.41) is 9.19. The number of carboxylic acid groups (broad SMARTS) is 1. The molecule has 0 aliphatic carbocycles. The molecule has 0 radical (unpaired) electrons. The third-order valence-electron chi connectivity index (χ3n) is 4.74. The molecule has 1 aromatic carbocycles. The van der Waals surface area contributed by atoms with Gasteiger partial charge in [-0.3, -0.25) is 4.79 Å². The van der Waals surface area contributed by atoms with E-state index in [2.05, 4.69) is 4.72 Å². The van der Waals surface area contributed by atoms with Crippen molar-refractivity contribution in [3.8, 4) is 0 Å². The summed E-state index contributed by atoms with van der Waals surface area (Å²) in [6.07, 6.45) is 2.73. The van der Waals surface area contributed by atoms with Crippen LogP contribution < -0.4 is 4.72 Å². The van der Waals surface area contributed by atoms with Crippen molar-refractivity contribution in [2.24, 2.45) is 0 Å². The van der Waals surface area contributed by atoms with Gasteiger partial charge in [0, 0.05) is 25.3 Å². The second kappa shape index (κ2) is 7.73. The average Bonchev–Trinajstić information content (AvgIpc) is 3.31. The number of carboxylic acids is 1. The number of sulfonamides is 1. The molecule has 1 amide bonds. The van der Waals surface area contributed by atoms with E-state index in [0.29, 0.717) is 26.0 Å². The standard InChI is InChI=1S/C17H22N2O6S/c20-16(19-9-1-4-15(19)17(21)22)12-5-7-14(8-6-12)26(23,24)18-11-13-3-2-10-25-13/h5-8,13,15,18H,1-4,9-11H2,(H,21,22)/t13?,15-/m1/s1. The summed E-state index contributed by atoms with van der Waals surface area (Å²) in [5.74, 6) is -1.42. The van der Waals surface area contributed by atoms with Crippen LogP contribution in [-0.4, -0.2) is 62.1 Å². The third kappa shape index (κ3) is 4.05. The number of hydrogen-bond donors (Lipinski definition) is 2. The first-order valence-corrected chi connectivity index (χ1v) is 10.1. The van der Waals surface area contributed by atoms with Gasteiger partial charge in [-0.15, -0.1) is 0 Å². The maximum absolute atomic E-state index is 12.5. The van der Waals surface area contributed by atoms with Crippen molar-refractivity contribution < 1.29 is 27.9 Å². The fourth-order valence-corrected chi connectivity index (χ4v) is 4.37. The van der Waals surface area contributed by atoms with Gasteiger partial charge in [0.1, 0.15) is 6.04 Å². The Hall–Kier alpha value is -1.97. The summed E-state index contributed by atoms with van der Waals surface area (Å²) in [5.41, 5.74) is 0.274. The molecule has 2 atom stereocenters. The highest BCUT2D eigenvalue weighted by atomic mass is 32.2. The van der Waals surface area contributed by atoms with E-state index in [-0.39, 0.29) is 23.1 Å². The van der Waals surface area contributed by atoms with Crippen LogP contribution in [-0.2, 0) is 19.6 Å². The van der Waals surface area contributed by atoms with Gasteiger partial charge in [-0.2, -0.15) is 0 Å². The molecule has 0 saturated carbocycles. The molecule has 2 saturated heterocycles. The number of likely N-dealkylation sites (tertiary alicyclic amines) is 1. The van der Waals surface area contributed by atoms with Gasteiger partial charge in [0.05, 0.1) is 11.0 Å². The molecule has 0 spiro atoms. The molecule has 0 bridgehead atoms. The van der Waals surface area contributed by atoms with Crippen molar-refractivity contribution >= 4 is 21.9 Å². The highest BCUT2D eigenvalue weighted by Gasteiger charge is 2.34. The molecule has 8 nitrogen and oxygen atoms in total. The van der Waals surface area contributed by atoms with Crippen LogP contribution in [0.25, 0.3) is 0 Å². The fourth-order valence-electron chi connectivity index (χ4n) is 3.30. The Morgan fingerprint density at radius 2 is 1.92 bits per heavy atom. The van der Waals surface area contributed by atoms with E-state index in [1.165, 1.54) is 29.2 Å². The molecule has 1 unspecified atom stereocenters. The zero-order valence-electron chi connectivity index (χ0n) is 14.3. The van der Waals surface area contributed by atoms with Crippen LogP contribution >= 0.6 is 0 Å². The topological polar surface area (TPSA) is 113 Å². The van der Waals surface area contributed by atoms with Crippen LogP contribution in [0.1, 0.15) is 36.0 Å². The Kier molecular flexibility index (Phi) is 5.59. The van der Waals surface area contributed by atoms with Gasteiger partial charge < -0.3 is 14.7 Å². The molecular weight excluding hydrogens is 360 g/mol. The first-order valence-electron chi connectivity index (χ1n) is 8.63. The lowest BCUT2D eigenvalue weighted by Gasteiger charge is -2.21. The number of ether oxygens (including phenoxy) is 1. The van der Waals surface area contributed by atoms with E-state index in [4.69, 9.17) is 4.74 Å². The largest absolute Gasteiger partial charge is 0.480 e. The predicted molar refractivity (Wildman–Crippen MR) is 92.3 cm³/mol. The number of amides is 1. The highest BCUT2D eigenvalue weighted by molar-refractivity contribution is 7.89.